The van der Waals surface area contributed by atoms with Crippen molar-refractivity contribution in [2.45, 2.75) is 13.3 Å². The Balaban J connectivity index is 1.91. The summed E-state index contributed by atoms with van der Waals surface area (Å²) in [5.41, 5.74) is 1.62. The molecule has 0 aromatic carbocycles. The van der Waals surface area contributed by atoms with E-state index in [4.69, 9.17) is 4.74 Å². The van der Waals surface area contributed by atoms with E-state index >= 15 is 0 Å². The van der Waals surface area contributed by atoms with Crippen LogP contribution in [0, 0.1) is 5.92 Å². The SMILES string of the molecule is CCNc1nc(N2CCC(COC)C2)c2[nH]cnc2n1. The average molecular weight is 276 g/mol. The van der Waals surface area contributed by atoms with Crippen LogP contribution in [-0.4, -0.2) is 53.3 Å². The van der Waals surface area contributed by atoms with Crippen LogP contribution in [0.25, 0.3) is 11.2 Å². The maximum Gasteiger partial charge on any atom is 0.226 e. The normalized spacial score (nSPS) is 18.9. The van der Waals surface area contributed by atoms with Crippen molar-refractivity contribution < 1.29 is 4.74 Å². The smallest absolute Gasteiger partial charge is 0.226 e. The summed E-state index contributed by atoms with van der Waals surface area (Å²) >= 11 is 0. The topological polar surface area (TPSA) is 79.0 Å². The van der Waals surface area contributed by atoms with Gasteiger partial charge in [0.2, 0.25) is 5.95 Å². The number of nitrogens with zero attached hydrogens (tertiary/aromatic N) is 4. The van der Waals surface area contributed by atoms with Crippen LogP contribution >= 0.6 is 0 Å². The van der Waals surface area contributed by atoms with Gasteiger partial charge in [-0.15, -0.1) is 0 Å². The maximum atomic E-state index is 5.25. The Hall–Kier alpha value is -1.89. The van der Waals surface area contributed by atoms with Gasteiger partial charge in [-0.3, -0.25) is 0 Å². The first-order valence-electron chi connectivity index (χ1n) is 7.00. The van der Waals surface area contributed by atoms with E-state index in [0.717, 1.165) is 44.0 Å². The summed E-state index contributed by atoms with van der Waals surface area (Å²) in [5, 5.41) is 3.16. The van der Waals surface area contributed by atoms with E-state index in [-0.39, 0.29) is 0 Å². The minimum atomic E-state index is 0.565. The third-order valence-corrected chi connectivity index (χ3v) is 3.59. The second-order valence-corrected chi connectivity index (χ2v) is 5.06. The number of fused-ring (bicyclic) bond motifs is 1. The summed E-state index contributed by atoms with van der Waals surface area (Å²) in [5.74, 6) is 2.13. The van der Waals surface area contributed by atoms with Gasteiger partial charge in [-0.25, -0.2) is 4.98 Å². The molecular weight excluding hydrogens is 256 g/mol. The third kappa shape index (κ3) is 2.40. The van der Waals surface area contributed by atoms with Crippen molar-refractivity contribution >= 4 is 22.9 Å². The van der Waals surface area contributed by atoms with Crippen molar-refractivity contribution in [3.05, 3.63) is 6.33 Å². The van der Waals surface area contributed by atoms with Crippen LogP contribution in [0.3, 0.4) is 0 Å². The highest BCUT2D eigenvalue weighted by molar-refractivity contribution is 5.84. The summed E-state index contributed by atoms with van der Waals surface area (Å²) < 4.78 is 5.25. The number of rotatable bonds is 5. The summed E-state index contributed by atoms with van der Waals surface area (Å²) in [7, 11) is 1.75. The van der Waals surface area contributed by atoms with Gasteiger partial charge in [-0.05, 0) is 13.3 Å². The number of hydrogen-bond donors (Lipinski definition) is 2. The van der Waals surface area contributed by atoms with Crippen molar-refractivity contribution in [3.63, 3.8) is 0 Å². The fourth-order valence-electron chi connectivity index (χ4n) is 2.68. The molecule has 3 heterocycles. The van der Waals surface area contributed by atoms with Crippen LogP contribution in [0.1, 0.15) is 13.3 Å². The largest absolute Gasteiger partial charge is 0.384 e. The summed E-state index contributed by atoms with van der Waals surface area (Å²) in [4.78, 5) is 18.7. The first-order valence-corrected chi connectivity index (χ1v) is 7.00. The summed E-state index contributed by atoms with van der Waals surface area (Å²) in [6, 6.07) is 0. The molecule has 1 aliphatic heterocycles. The minimum Gasteiger partial charge on any atom is -0.384 e. The zero-order valence-corrected chi connectivity index (χ0v) is 11.9. The lowest BCUT2D eigenvalue weighted by molar-refractivity contribution is 0.161. The standard InChI is InChI=1S/C13H20N6O/c1-3-14-13-17-11-10(15-8-16-11)12(18-13)19-5-4-9(6-19)7-20-2/h8-9H,3-7H2,1-2H3,(H2,14,15,16,17,18). The molecule has 2 aromatic rings. The molecule has 1 atom stereocenters. The molecule has 0 radical (unpaired) electrons. The molecule has 1 fully saturated rings. The number of hydrogen-bond acceptors (Lipinski definition) is 6. The number of aromatic nitrogens is 4. The molecule has 1 unspecified atom stereocenters. The molecule has 20 heavy (non-hydrogen) atoms. The molecule has 0 amide bonds. The highest BCUT2D eigenvalue weighted by atomic mass is 16.5. The second kappa shape index (κ2) is 5.62. The van der Waals surface area contributed by atoms with Crippen LogP contribution in [0.15, 0.2) is 6.33 Å². The van der Waals surface area contributed by atoms with Gasteiger partial charge in [0, 0.05) is 32.7 Å². The van der Waals surface area contributed by atoms with E-state index in [1.807, 2.05) is 6.92 Å². The molecule has 0 aliphatic carbocycles. The van der Waals surface area contributed by atoms with Crippen molar-refractivity contribution in [2.24, 2.45) is 5.92 Å². The van der Waals surface area contributed by atoms with Crippen molar-refractivity contribution in [1.82, 2.24) is 19.9 Å². The van der Waals surface area contributed by atoms with Gasteiger partial charge in [0.1, 0.15) is 5.52 Å². The Morgan fingerprint density at radius 1 is 1.50 bits per heavy atom. The zero-order chi connectivity index (χ0) is 13.9. The Morgan fingerprint density at radius 3 is 3.20 bits per heavy atom. The first kappa shape index (κ1) is 13.1. The van der Waals surface area contributed by atoms with Crippen LogP contribution in [-0.2, 0) is 4.74 Å². The number of anilines is 2. The van der Waals surface area contributed by atoms with Crippen LogP contribution < -0.4 is 10.2 Å². The molecule has 1 saturated heterocycles. The molecule has 7 heteroatoms. The highest BCUT2D eigenvalue weighted by Gasteiger charge is 2.26. The van der Waals surface area contributed by atoms with E-state index in [1.54, 1.807) is 13.4 Å². The number of H-pyrrole nitrogens is 1. The van der Waals surface area contributed by atoms with Gasteiger partial charge in [-0.2, -0.15) is 9.97 Å². The fraction of sp³-hybridized carbons (Fsp3) is 0.615. The number of nitrogens with one attached hydrogen (secondary N) is 2. The molecule has 1 aliphatic rings. The Labute approximate surface area is 117 Å². The molecule has 0 spiro atoms. The number of ether oxygens (including phenoxy) is 1. The summed E-state index contributed by atoms with van der Waals surface area (Å²) in [6.07, 6.45) is 2.80. The molecule has 2 aromatic heterocycles. The van der Waals surface area contributed by atoms with E-state index in [0.29, 0.717) is 17.5 Å². The average Bonchev–Trinajstić information content (AvgIpc) is 3.07. The molecule has 0 saturated carbocycles. The quantitative estimate of drug-likeness (QED) is 0.856. The molecule has 3 rings (SSSR count). The predicted octanol–water partition coefficient (Wildman–Crippen LogP) is 1.26. The van der Waals surface area contributed by atoms with Gasteiger partial charge in [-0.1, -0.05) is 0 Å². The molecular formula is C13H20N6O. The van der Waals surface area contributed by atoms with Gasteiger partial charge in [0.15, 0.2) is 11.5 Å². The van der Waals surface area contributed by atoms with Gasteiger partial charge in [0.05, 0.1) is 12.9 Å². The van der Waals surface area contributed by atoms with Gasteiger partial charge < -0.3 is 19.9 Å². The minimum absolute atomic E-state index is 0.565. The summed E-state index contributed by atoms with van der Waals surface area (Å²) in [6.45, 7) is 5.58. The van der Waals surface area contributed by atoms with E-state index < -0.39 is 0 Å². The first-order chi connectivity index (χ1) is 9.81. The Kier molecular flexibility index (Phi) is 3.68. The molecule has 0 bridgehead atoms. The van der Waals surface area contributed by atoms with Crippen molar-refractivity contribution in [2.75, 3.05) is 43.6 Å². The van der Waals surface area contributed by atoms with Crippen LogP contribution in [0.5, 0.6) is 0 Å². The second-order valence-electron chi connectivity index (χ2n) is 5.06. The van der Waals surface area contributed by atoms with Crippen LogP contribution in [0.2, 0.25) is 0 Å². The number of methoxy groups -OCH3 is 1. The molecule has 7 nitrogen and oxygen atoms in total. The lowest BCUT2D eigenvalue weighted by Crippen LogP contribution is -2.23. The monoisotopic (exact) mass is 276 g/mol. The lowest BCUT2D eigenvalue weighted by Gasteiger charge is -2.18. The third-order valence-electron chi connectivity index (χ3n) is 3.59. The van der Waals surface area contributed by atoms with Gasteiger partial charge >= 0.3 is 0 Å². The highest BCUT2D eigenvalue weighted by Crippen LogP contribution is 2.28. The van der Waals surface area contributed by atoms with E-state index in [9.17, 15) is 0 Å². The number of aromatic amines is 1. The Morgan fingerprint density at radius 2 is 2.40 bits per heavy atom. The fourth-order valence-corrected chi connectivity index (χ4v) is 2.68. The van der Waals surface area contributed by atoms with Crippen molar-refractivity contribution in [1.29, 1.82) is 0 Å². The zero-order valence-electron chi connectivity index (χ0n) is 11.9. The Bertz CT molecular complexity index is 583. The maximum absolute atomic E-state index is 5.25. The molecule has 2 N–H and O–H groups in total. The molecule has 108 valence electrons. The van der Waals surface area contributed by atoms with Crippen molar-refractivity contribution in [3.8, 4) is 0 Å². The van der Waals surface area contributed by atoms with E-state index in [1.165, 1.54) is 0 Å². The van der Waals surface area contributed by atoms with Crippen LogP contribution in [0.4, 0.5) is 11.8 Å². The van der Waals surface area contributed by atoms with Gasteiger partial charge in [0.25, 0.3) is 0 Å². The number of imidazole rings is 1. The van der Waals surface area contributed by atoms with E-state index in [2.05, 4.69) is 30.2 Å². The predicted molar refractivity (Wildman–Crippen MR) is 78.0 cm³/mol. The lowest BCUT2D eigenvalue weighted by atomic mass is 10.1.